The van der Waals surface area contributed by atoms with E-state index in [1.807, 2.05) is 0 Å². The van der Waals surface area contributed by atoms with Gasteiger partial charge in [-0.25, -0.2) is 0 Å². The van der Waals surface area contributed by atoms with Crippen LogP contribution in [0, 0.1) is 5.41 Å². The number of hydrogen-bond acceptors (Lipinski definition) is 3. The van der Waals surface area contributed by atoms with Crippen molar-refractivity contribution in [2.24, 2.45) is 5.41 Å². The predicted molar refractivity (Wildman–Crippen MR) is 73.3 cm³/mol. The van der Waals surface area contributed by atoms with Gasteiger partial charge in [-0.05, 0) is 31.2 Å². The Morgan fingerprint density at radius 2 is 2.18 bits per heavy atom. The van der Waals surface area contributed by atoms with Crippen LogP contribution >= 0.6 is 11.3 Å². The van der Waals surface area contributed by atoms with Crippen LogP contribution in [0.4, 0.5) is 0 Å². The number of hydrogen-bond donors (Lipinski definition) is 2. The first-order chi connectivity index (χ1) is 8.26. The van der Waals surface area contributed by atoms with Crippen LogP contribution in [0.3, 0.4) is 0 Å². The monoisotopic (exact) mass is 253 g/mol. The average molecular weight is 253 g/mol. The molecule has 1 aliphatic rings. The standard InChI is InChI=1S/C14H23NOS/c1-12(13-6-5-9-17-13)15-10-14(11-16)7-3-2-4-8-14/h5-6,9,12,15-16H,2-4,7-8,10-11H2,1H3/t12-/m1/s1. The first-order valence-electron chi connectivity index (χ1n) is 6.63. The lowest BCUT2D eigenvalue weighted by molar-refractivity contribution is 0.0790. The first-order valence-corrected chi connectivity index (χ1v) is 7.51. The van der Waals surface area contributed by atoms with Crippen LogP contribution in [0.2, 0.25) is 0 Å². The van der Waals surface area contributed by atoms with E-state index in [0.717, 1.165) is 6.54 Å². The van der Waals surface area contributed by atoms with Gasteiger partial charge in [0, 0.05) is 29.5 Å². The Morgan fingerprint density at radius 3 is 2.76 bits per heavy atom. The second-order valence-electron chi connectivity index (χ2n) is 5.34. The third-order valence-electron chi connectivity index (χ3n) is 4.00. The van der Waals surface area contributed by atoms with E-state index in [0.29, 0.717) is 12.6 Å². The van der Waals surface area contributed by atoms with Gasteiger partial charge in [0.1, 0.15) is 0 Å². The third-order valence-corrected chi connectivity index (χ3v) is 5.06. The van der Waals surface area contributed by atoms with Crippen molar-refractivity contribution < 1.29 is 5.11 Å². The number of rotatable bonds is 5. The number of aliphatic hydroxyl groups excluding tert-OH is 1. The summed E-state index contributed by atoms with van der Waals surface area (Å²) in [5.74, 6) is 0. The van der Waals surface area contributed by atoms with Crippen molar-refractivity contribution >= 4 is 11.3 Å². The van der Waals surface area contributed by atoms with Crippen molar-refractivity contribution in [3.63, 3.8) is 0 Å². The van der Waals surface area contributed by atoms with E-state index in [1.165, 1.54) is 37.0 Å². The predicted octanol–water partition coefficient (Wildman–Crippen LogP) is 3.34. The molecule has 1 heterocycles. The molecule has 1 aliphatic carbocycles. The quantitative estimate of drug-likeness (QED) is 0.843. The van der Waals surface area contributed by atoms with Crippen LogP contribution in [0.1, 0.15) is 49.9 Å². The lowest BCUT2D eigenvalue weighted by Crippen LogP contribution is -2.39. The minimum Gasteiger partial charge on any atom is -0.396 e. The smallest absolute Gasteiger partial charge is 0.0499 e. The number of aliphatic hydroxyl groups is 1. The minimum atomic E-state index is 0.143. The molecule has 2 rings (SSSR count). The Bertz CT molecular complexity index is 317. The summed E-state index contributed by atoms with van der Waals surface area (Å²) >= 11 is 1.80. The maximum Gasteiger partial charge on any atom is 0.0499 e. The fourth-order valence-corrected chi connectivity index (χ4v) is 3.46. The normalized spacial score (nSPS) is 21.3. The van der Waals surface area contributed by atoms with E-state index < -0.39 is 0 Å². The van der Waals surface area contributed by atoms with Crippen molar-refractivity contribution in [2.75, 3.05) is 13.2 Å². The van der Waals surface area contributed by atoms with Crippen molar-refractivity contribution in [2.45, 2.75) is 45.1 Å². The molecule has 1 fully saturated rings. The number of nitrogens with one attached hydrogen (secondary N) is 1. The van der Waals surface area contributed by atoms with E-state index in [-0.39, 0.29) is 5.41 Å². The molecule has 2 N–H and O–H groups in total. The van der Waals surface area contributed by atoms with E-state index in [4.69, 9.17) is 0 Å². The third kappa shape index (κ3) is 3.30. The molecule has 1 atom stereocenters. The van der Waals surface area contributed by atoms with E-state index in [1.54, 1.807) is 11.3 Å². The Morgan fingerprint density at radius 1 is 1.41 bits per heavy atom. The molecule has 2 nitrogen and oxygen atoms in total. The summed E-state index contributed by atoms with van der Waals surface area (Å²) in [7, 11) is 0. The van der Waals surface area contributed by atoms with Gasteiger partial charge in [0.25, 0.3) is 0 Å². The Labute approximate surface area is 108 Å². The van der Waals surface area contributed by atoms with Crippen molar-refractivity contribution in [1.82, 2.24) is 5.32 Å². The molecule has 0 amide bonds. The summed E-state index contributed by atoms with van der Waals surface area (Å²) < 4.78 is 0. The van der Waals surface area contributed by atoms with Crippen molar-refractivity contribution in [3.8, 4) is 0 Å². The molecule has 3 heteroatoms. The van der Waals surface area contributed by atoms with Gasteiger partial charge in [0.2, 0.25) is 0 Å². The second-order valence-corrected chi connectivity index (χ2v) is 6.32. The summed E-state index contributed by atoms with van der Waals surface area (Å²) in [5, 5.41) is 15.4. The van der Waals surface area contributed by atoms with Gasteiger partial charge in [-0.2, -0.15) is 0 Å². The first kappa shape index (κ1) is 13.1. The van der Waals surface area contributed by atoms with Crippen LogP contribution in [-0.4, -0.2) is 18.3 Å². The molecule has 0 bridgehead atoms. The lowest BCUT2D eigenvalue weighted by atomic mass is 9.74. The molecule has 0 unspecified atom stereocenters. The zero-order valence-electron chi connectivity index (χ0n) is 10.6. The SMILES string of the molecule is C[C@@H](NCC1(CO)CCCCC1)c1cccs1. The molecule has 96 valence electrons. The molecule has 17 heavy (non-hydrogen) atoms. The highest BCUT2D eigenvalue weighted by atomic mass is 32.1. The van der Waals surface area contributed by atoms with Gasteiger partial charge in [-0.3, -0.25) is 0 Å². The zero-order chi connectivity index (χ0) is 12.1. The van der Waals surface area contributed by atoms with E-state index >= 15 is 0 Å². The van der Waals surface area contributed by atoms with Crippen LogP contribution < -0.4 is 5.32 Å². The summed E-state index contributed by atoms with van der Waals surface area (Å²) in [6, 6.07) is 4.68. The summed E-state index contributed by atoms with van der Waals surface area (Å²) in [6.07, 6.45) is 6.23. The fourth-order valence-electron chi connectivity index (χ4n) is 2.70. The van der Waals surface area contributed by atoms with Gasteiger partial charge in [0.15, 0.2) is 0 Å². The zero-order valence-corrected chi connectivity index (χ0v) is 11.4. The van der Waals surface area contributed by atoms with Crippen LogP contribution in [0.5, 0.6) is 0 Å². The highest BCUT2D eigenvalue weighted by Crippen LogP contribution is 2.35. The van der Waals surface area contributed by atoms with Crippen LogP contribution in [0.25, 0.3) is 0 Å². The van der Waals surface area contributed by atoms with Gasteiger partial charge < -0.3 is 10.4 Å². The minimum absolute atomic E-state index is 0.143. The highest BCUT2D eigenvalue weighted by Gasteiger charge is 2.31. The summed E-state index contributed by atoms with van der Waals surface area (Å²) in [6.45, 7) is 3.49. The second kappa shape index (κ2) is 5.98. The van der Waals surface area contributed by atoms with Gasteiger partial charge in [-0.15, -0.1) is 11.3 Å². The fraction of sp³-hybridized carbons (Fsp3) is 0.714. The maximum atomic E-state index is 9.65. The molecule has 0 spiro atoms. The van der Waals surface area contributed by atoms with Gasteiger partial charge in [-0.1, -0.05) is 25.3 Å². The van der Waals surface area contributed by atoms with E-state index in [2.05, 4.69) is 29.8 Å². The molecule has 0 aliphatic heterocycles. The summed E-state index contributed by atoms with van der Waals surface area (Å²) in [5.41, 5.74) is 0.143. The average Bonchev–Trinajstić information content (AvgIpc) is 2.91. The lowest BCUT2D eigenvalue weighted by Gasteiger charge is -2.36. The topological polar surface area (TPSA) is 32.3 Å². The van der Waals surface area contributed by atoms with Crippen LogP contribution in [-0.2, 0) is 0 Å². The van der Waals surface area contributed by atoms with Crippen LogP contribution in [0.15, 0.2) is 17.5 Å². The van der Waals surface area contributed by atoms with Crippen molar-refractivity contribution in [1.29, 1.82) is 0 Å². The molecular formula is C14H23NOS. The molecule has 0 saturated heterocycles. The Kier molecular flexibility index (Phi) is 4.60. The Balaban J connectivity index is 1.87. The molecular weight excluding hydrogens is 230 g/mol. The van der Waals surface area contributed by atoms with Gasteiger partial charge >= 0.3 is 0 Å². The van der Waals surface area contributed by atoms with Crippen molar-refractivity contribution in [3.05, 3.63) is 22.4 Å². The highest BCUT2D eigenvalue weighted by molar-refractivity contribution is 7.10. The summed E-state index contributed by atoms with van der Waals surface area (Å²) in [4.78, 5) is 1.38. The number of thiophene rings is 1. The largest absolute Gasteiger partial charge is 0.396 e. The molecule has 0 aromatic carbocycles. The molecule has 1 aromatic rings. The maximum absolute atomic E-state index is 9.65. The van der Waals surface area contributed by atoms with Gasteiger partial charge in [0.05, 0.1) is 0 Å². The van der Waals surface area contributed by atoms with E-state index in [9.17, 15) is 5.11 Å². The Hall–Kier alpha value is -0.380. The molecule has 1 saturated carbocycles. The molecule has 0 radical (unpaired) electrons. The molecule has 1 aromatic heterocycles.